The second-order valence-electron chi connectivity index (χ2n) is 3.99. The molecule has 20 heavy (non-hydrogen) atoms. The van der Waals surface area contributed by atoms with E-state index in [0.29, 0.717) is 10.8 Å². The first-order valence-electron chi connectivity index (χ1n) is 5.82. The molecule has 0 aliphatic rings. The number of imidazole rings is 1. The van der Waals surface area contributed by atoms with Crippen molar-refractivity contribution in [3.8, 4) is 5.69 Å². The van der Waals surface area contributed by atoms with Gasteiger partial charge in [0.25, 0.3) is 0 Å². The molecule has 0 saturated heterocycles. The Labute approximate surface area is 119 Å². The number of hydrogen-bond donors (Lipinski definition) is 2. The smallest absolute Gasteiger partial charge is 0.313 e. The molecule has 0 fully saturated rings. The number of carbonyl (C=O) groups excluding carboxylic acids is 1. The van der Waals surface area contributed by atoms with Gasteiger partial charge >= 0.3 is 5.97 Å². The number of rotatable bonds is 5. The van der Waals surface area contributed by atoms with Gasteiger partial charge in [-0.25, -0.2) is 4.98 Å². The molecule has 0 aliphatic heterocycles. The maximum atomic E-state index is 11.1. The van der Waals surface area contributed by atoms with Crippen molar-refractivity contribution in [1.29, 1.82) is 0 Å². The molecule has 6 nitrogen and oxygen atoms in total. The Morgan fingerprint density at radius 3 is 2.95 bits per heavy atom. The van der Waals surface area contributed by atoms with Crippen molar-refractivity contribution in [1.82, 2.24) is 9.55 Å². The van der Waals surface area contributed by atoms with E-state index in [9.17, 15) is 9.59 Å². The highest BCUT2D eigenvalue weighted by molar-refractivity contribution is 7.99. The van der Waals surface area contributed by atoms with Crippen LogP contribution in [0.5, 0.6) is 0 Å². The van der Waals surface area contributed by atoms with Crippen LogP contribution in [0.15, 0.2) is 41.8 Å². The molecular formula is C13H13N3O3S. The molecule has 2 aromatic rings. The molecule has 7 heteroatoms. The lowest BCUT2D eigenvalue weighted by molar-refractivity contribution is -0.133. The molecule has 104 valence electrons. The highest BCUT2D eigenvalue weighted by Crippen LogP contribution is 2.22. The summed E-state index contributed by atoms with van der Waals surface area (Å²) in [4.78, 5) is 25.8. The number of carbonyl (C=O) groups is 2. The van der Waals surface area contributed by atoms with Crippen LogP contribution in [-0.2, 0) is 9.59 Å². The zero-order chi connectivity index (χ0) is 14.5. The third-order valence-corrected chi connectivity index (χ3v) is 3.33. The number of nitrogens with one attached hydrogen (secondary N) is 1. The zero-order valence-electron chi connectivity index (χ0n) is 10.7. The van der Waals surface area contributed by atoms with Gasteiger partial charge in [-0.05, 0) is 18.2 Å². The van der Waals surface area contributed by atoms with Crippen molar-refractivity contribution in [3.05, 3.63) is 36.7 Å². The largest absolute Gasteiger partial charge is 0.481 e. The van der Waals surface area contributed by atoms with Gasteiger partial charge in [0.15, 0.2) is 5.16 Å². The predicted octanol–water partition coefficient (Wildman–Crippen LogP) is 2.01. The van der Waals surface area contributed by atoms with E-state index in [1.807, 2.05) is 12.1 Å². The number of hydrogen-bond acceptors (Lipinski definition) is 4. The topological polar surface area (TPSA) is 84.2 Å². The van der Waals surface area contributed by atoms with Crippen LogP contribution in [0.1, 0.15) is 6.92 Å². The molecule has 1 aromatic heterocycles. The second-order valence-corrected chi connectivity index (χ2v) is 4.94. The van der Waals surface area contributed by atoms with Crippen molar-refractivity contribution in [3.63, 3.8) is 0 Å². The number of amides is 1. The lowest BCUT2D eigenvalue weighted by Crippen LogP contribution is -2.06. The number of aliphatic carboxylic acids is 1. The van der Waals surface area contributed by atoms with E-state index in [1.54, 1.807) is 29.1 Å². The Balaban J connectivity index is 2.25. The van der Waals surface area contributed by atoms with E-state index < -0.39 is 5.97 Å². The van der Waals surface area contributed by atoms with Gasteiger partial charge in [0.1, 0.15) is 0 Å². The van der Waals surface area contributed by atoms with Gasteiger partial charge in [0, 0.05) is 30.7 Å². The summed E-state index contributed by atoms with van der Waals surface area (Å²) in [6.07, 6.45) is 3.35. The number of benzene rings is 1. The van der Waals surface area contributed by atoms with Gasteiger partial charge in [-0.3, -0.25) is 14.2 Å². The lowest BCUT2D eigenvalue weighted by atomic mass is 10.2. The van der Waals surface area contributed by atoms with Crippen LogP contribution < -0.4 is 5.32 Å². The molecule has 1 heterocycles. The maximum Gasteiger partial charge on any atom is 0.313 e. The highest BCUT2D eigenvalue weighted by Gasteiger charge is 2.08. The van der Waals surface area contributed by atoms with Gasteiger partial charge < -0.3 is 10.4 Å². The Morgan fingerprint density at radius 1 is 1.45 bits per heavy atom. The minimum absolute atomic E-state index is 0.0532. The minimum Gasteiger partial charge on any atom is -0.481 e. The molecule has 0 atom stereocenters. The SMILES string of the molecule is CC(=O)Nc1cccc(-n2ccnc2SCC(=O)O)c1. The van der Waals surface area contributed by atoms with Crippen LogP contribution in [-0.4, -0.2) is 32.3 Å². The number of carboxylic acids is 1. The average Bonchev–Trinajstić information content (AvgIpc) is 2.84. The summed E-state index contributed by atoms with van der Waals surface area (Å²) in [5, 5.41) is 12.0. The molecule has 0 saturated carbocycles. The fraction of sp³-hybridized carbons (Fsp3) is 0.154. The first kappa shape index (κ1) is 14.1. The Morgan fingerprint density at radius 2 is 2.25 bits per heavy atom. The van der Waals surface area contributed by atoms with Crippen LogP contribution in [0.2, 0.25) is 0 Å². The van der Waals surface area contributed by atoms with Crippen molar-refractivity contribution < 1.29 is 14.7 Å². The third-order valence-electron chi connectivity index (χ3n) is 2.38. The molecule has 1 aromatic carbocycles. The summed E-state index contributed by atoms with van der Waals surface area (Å²) in [5.41, 5.74) is 1.49. The maximum absolute atomic E-state index is 11.1. The molecule has 0 radical (unpaired) electrons. The van der Waals surface area contributed by atoms with Gasteiger partial charge in [0.2, 0.25) is 5.91 Å². The second kappa shape index (κ2) is 6.25. The molecule has 2 rings (SSSR count). The fourth-order valence-electron chi connectivity index (χ4n) is 1.66. The number of aromatic nitrogens is 2. The summed E-state index contributed by atoms with van der Waals surface area (Å²) in [6, 6.07) is 7.25. The Hall–Kier alpha value is -2.28. The quantitative estimate of drug-likeness (QED) is 0.823. The predicted molar refractivity (Wildman–Crippen MR) is 76.2 cm³/mol. The molecule has 0 spiro atoms. The van der Waals surface area contributed by atoms with E-state index in [2.05, 4.69) is 10.3 Å². The van der Waals surface area contributed by atoms with Gasteiger partial charge in [-0.1, -0.05) is 17.8 Å². The van der Waals surface area contributed by atoms with Crippen LogP contribution >= 0.6 is 11.8 Å². The molecular weight excluding hydrogens is 278 g/mol. The summed E-state index contributed by atoms with van der Waals surface area (Å²) >= 11 is 1.14. The fourth-order valence-corrected chi connectivity index (χ4v) is 2.35. The number of anilines is 1. The number of nitrogens with zero attached hydrogens (tertiary/aromatic N) is 2. The highest BCUT2D eigenvalue weighted by atomic mass is 32.2. The van der Waals surface area contributed by atoms with Crippen LogP contribution in [0.4, 0.5) is 5.69 Å². The van der Waals surface area contributed by atoms with Crippen LogP contribution in [0.3, 0.4) is 0 Å². The van der Waals surface area contributed by atoms with E-state index in [4.69, 9.17) is 5.11 Å². The first-order chi connectivity index (χ1) is 9.56. The van der Waals surface area contributed by atoms with Gasteiger partial charge in [-0.2, -0.15) is 0 Å². The molecule has 0 unspecified atom stereocenters. The van der Waals surface area contributed by atoms with Crippen LogP contribution in [0, 0.1) is 0 Å². The first-order valence-corrected chi connectivity index (χ1v) is 6.81. The van der Waals surface area contributed by atoms with E-state index in [0.717, 1.165) is 17.4 Å². The molecule has 0 bridgehead atoms. The summed E-state index contributed by atoms with van der Waals surface area (Å²) in [7, 11) is 0. The standard InChI is InChI=1S/C13H13N3O3S/c1-9(17)15-10-3-2-4-11(7-10)16-6-5-14-13(16)20-8-12(18)19/h2-7H,8H2,1H3,(H,15,17)(H,18,19). The Bertz CT molecular complexity index is 639. The molecule has 0 aliphatic carbocycles. The number of thioether (sulfide) groups is 1. The van der Waals surface area contributed by atoms with E-state index >= 15 is 0 Å². The minimum atomic E-state index is -0.892. The van der Waals surface area contributed by atoms with E-state index in [1.165, 1.54) is 6.92 Å². The van der Waals surface area contributed by atoms with Gasteiger partial charge in [0.05, 0.1) is 5.75 Å². The van der Waals surface area contributed by atoms with Crippen molar-refractivity contribution in [2.45, 2.75) is 12.1 Å². The Kier molecular flexibility index (Phi) is 4.41. The lowest BCUT2D eigenvalue weighted by Gasteiger charge is -2.09. The summed E-state index contributed by atoms with van der Waals surface area (Å²) < 4.78 is 1.78. The monoisotopic (exact) mass is 291 g/mol. The normalized spacial score (nSPS) is 10.2. The third kappa shape index (κ3) is 3.61. The van der Waals surface area contributed by atoms with Gasteiger partial charge in [-0.15, -0.1) is 0 Å². The van der Waals surface area contributed by atoms with Crippen molar-refractivity contribution in [2.24, 2.45) is 0 Å². The summed E-state index contributed by atoms with van der Waals surface area (Å²) in [6.45, 7) is 1.44. The van der Waals surface area contributed by atoms with Crippen LogP contribution in [0.25, 0.3) is 5.69 Å². The molecule has 2 N–H and O–H groups in total. The summed E-state index contributed by atoms with van der Waals surface area (Å²) in [5.74, 6) is -1.09. The van der Waals surface area contributed by atoms with Crippen molar-refractivity contribution in [2.75, 3.05) is 11.1 Å². The number of carboxylic acid groups (broad SMARTS) is 1. The zero-order valence-corrected chi connectivity index (χ0v) is 11.6. The van der Waals surface area contributed by atoms with Crippen molar-refractivity contribution >= 4 is 29.3 Å². The average molecular weight is 291 g/mol. The van der Waals surface area contributed by atoms with E-state index in [-0.39, 0.29) is 11.7 Å². The molecule has 1 amide bonds.